The van der Waals surface area contributed by atoms with E-state index in [2.05, 4.69) is 0 Å². The normalized spacial score (nSPS) is 17.5. The molecule has 2 aliphatic heterocycles. The SMILES string of the molecule is O=C(c1ccccc1)N1CCc2sc(C(=O)N3CCCCCC3)cc2C1. The number of likely N-dealkylation sites (tertiary alicyclic amines) is 1. The Bertz CT molecular complexity index is 792. The first-order valence-corrected chi connectivity index (χ1v) is 10.3. The molecule has 0 N–H and O–H groups in total. The first-order valence-electron chi connectivity index (χ1n) is 9.47. The zero-order valence-corrected chi connectivity index (χ0v) is 15.8. The zero-order chi connectivity index (χ0) is 17.9. The van der Waals surface area contributed by atoms with Gasteiger partial charge in [0.1, 0.15) is 0 Å². The molecule has 4 nitrogen and oxygen atoms in total. The van der Waals surface area contributed by atoms with Crippen LogP contribution in [0, 0.1) is 0 Å². The van der Waals surface area contributed by atoms with Crippen molar-refractivity contribution in [1.82, 2.24) is 9.80 Å². The molecule has 0 atom stereocenters. The van der Waals surface area contributed by atoms with Gasteiger partial charge in [-0.3, -0.25) is 9.59 Å². The van der Waals surface area contributed by atoms with Gasteiger partial charge in [-0.05, 0) is 43.0 Å². The van der Waals surface area contributed by atoms with Gasteiger partial charge in [0, 0.05) is 36.6 Å². The Morgan fingerprint density at radius 3 is 2.31 bits per heavy atom. The van der Waals surface area contributed by atoms with E-state index in [9.17, 15) is 9.59 Å². The molecule has 0 radical (unpaired) electrons. The van der Waals surface area contributed by atoms with Crippen molar-refractivity contribution in [3.05, 3.63) is 57.3 Å². The predicted molar refractivity (Wildman–Crippen MR) is 104 cm³/mol. The van der Waals surface area contributed by atoms with E-state index in [0.717, 1.165) is 54.9 Å². The Morgan fingerprint density at radius 1 is 0.846 bits per heavy atom. The molecule has 1 fully saturated rings. The monoisotopic (exact) mass is 368 g/mol. The molecule has 5 heteroatoms. The lowest BCUT2D eigenvalue weighted by Gasteiger charge is -2.27. The van der Waals surface area contributed by atoms with Crippen molar-refractivity contribution in [1.29, 1.82) is 0 Å². The van der Waals surface area contributed by atoms with Crippen LogP contribution in [0.15, 0.2) is 36.4 Å². The highest BCUT2D eigenvalue weighted by Gasteiger charge is 2.26. The number of carbonyl (C=O) groups excluding carboxylic acids is 2. The summed E-state index contributed by atoms with van der Waals surface area (Å²) in [4.78, 5) is 31.6. The highest BCUT2D eigenvalue weighted by atomic mass is 32.1. The predicted octanol–water partition coefficient (Wildman–Crippen LogP) is 3.96. The van der Waals surface area contributed by atoms with Crippen molar-refractivity contribution in [3.63, 3.8) is 0 Å². The molecule has 1 saturated heterocycles. The summed E-state index contributed by atoms with van der Waals surface area (Å²) in [5, 5.41) is 0. The Morgan fingerprint density at radius 2 is 1.58 bits per heavy atom. The average Bonchev–Trinajstić information content (AvgIpc) is 2.92. The van der Waals surface area contributed by atoms with Crippen LogP contribution in [0.5, 0.6) is 0 Å². The van der Waals surface area contributed by atoms with Crippen molar-refractivity contribution in [3.8, 4) is 0 Å². The Hall–Kier alpha value is -2.14. The molecule has 0 spiro atoms. The van der Waals surface area contributed by atoms with Gasteiger partial charge < -0.3 is 9.80 Å². The molecule has 2 amide bonds. The quantitative estimate of drug-likeness (QED) is 0.805. The van der Waals surface area contributed by atoms with Gasteiger partial charge in [-0.2, -0.15) is 0 Å². The number of amides is 2. The minimum Gasteiger partial charge on any atom is -0.338 e. The number of nitrogens with zero attached hydrogens (tertiary/aromatic N) is 2. The van der Waals surface area contributed by atoms with E-state index >= 15 is 0 Å². The number of fused-ring (bicyclic) bond motifs is 1. The number of carbonyl (C=O) groups is 2. The Kier molecular flexibility index (Phi) is 5.07. The van der Waals surface area contributed by atoms with Gasteiger partial charge in [0.05, 0.1) is 4.88 Å². The van der Waals surface area contributed by atoms with Gasteiger partial charge in [0.25, 0.3) is 11.8 Å². The van der Waals surface area contributed by atoms with E-state index in [-0.39, 0.29) is 11.8 Å². The molecule has 2 aliphatic rings. The summed E-state index contributed by atoms with van der Waals surface area (Å²) in [5.74, 6) is 0.245. The topological polar surface area (TPSA) is 40.6 Å². The fourth-order valence-electron chi connectivity index (χ4n) is 3.80. The van der Waals surface area contributed by atoms with Gasteiger partial charge >= 0.3 is 0 Å². The molecule has 2 aromatic rings. The molecule has 3 heterocycles. The standard InChI is InChI=1S/C21H24N2O2S/c24-20(16-8-4-3-5-9-16)23-13-10-18-17(15-23)14-19(26-18)21(25)22-11-6-1-2-7-12-22/h3-5,8-9,14H,1-2,6-7,10-13,15H2. The van der Waals surface area contributed by atoms with E-state index in [0.29, 0.717) is 6.54 Å². The van der Waals surface area contributed by atoms with Crippen LogP contribution < -0.4 is 0 Å². The summed E-state index contributed by atoms with van der Waals surface area (Å²) in [6.45, 7) is 3.07. The van der Waals surface area contributed by atoms with Crippen LogP contribution in [0.1, 0.15) is 56.2 Å². The number of rotatable bonds is 2. The molecule has 0 aliphatic carbocycles. The second-order valence-electron chi connectivity index (χ2n) is 7.11. The van der Waals surface area contributed by atoms with Gasteiger partial charge in [-0.15, -0.1) is 11.3 Å². The maximum atomic E-state index is 12.9. The van der Waals surface area contributed by atoms with Crippen LogP contribution in [0.3, 0.4) is 0 Å². The van der Waals surface area contributed by atoms with E-state index in [4.69, 9.17) is 0 Å². The highest BCUT2D eigenvalue weighted by molar-refractivity contribution is 7.14. The summed E-state index contributed by atoms with van der Waals surface area (Å²) < 4.78 is 0. The highest BCUT2D eigenvalue weighted by Crippen LogP contribution is 2.30. The lowest BCUT2D eigenvalue weighted by Crippen LogP contribution is -2.35. The number of hydrogen-bond acceptors (Lipinski definition) is 3. The number of thiophene rings is 1. The summed E-state index contributed by atoms with van der Waals surface area (Å²) in [5.41, 5.74) is 1.87. The second-order valence-corrected chi connectivity index (χ2v) is 8.24. The first kappa shape index (κ1) is 17.3. The molecule has 4 rings (SSSR count). The molecular weight excluding hydrogens is 344 g/mol. The van der Waals surface area contributed by atoms with Gasteiger partial charge in [0.15, 0.2) is 0 Å². The lowest BCUT2D eigenvalue weighted by atomic mass is 10.1. The number of benzene rings is 1. The third-order valence-electron chi connectivity index (χ3n) is 5.28. The van der Waals surface area contributed by atoms with Crippen molar-refractivity contribution >= 4 is 23.2 Å². The zero-order valence-electron chi connectivity index (χ0n) is 14.9. The van der Waals surface area contributed by atoms with Crippen molar-refractivity contribution in [2.45, 2.75) is 38.6 Å². The molecule has 0 bridgehead atoms. The second kappa shape index (κ2) is 7.62. The molecule has 136 valence electrons. The third-order valence-corrected chi connectivity index (χ3v) is 6.50. The minimum absolute atomic E-state index is 0.0721. The van der Waals surface area contributed by atoms with Crippen LogP contribution in [-0.2, 0) is 13.0 Å². The van der Waals surface area contributed by atoms with Crippen molar-refractivity contribution in [2.24, 2.45) is 0 Å². The molecule has 26 heavy (non-hydrogen) atoms. The summed E-state index contributed by atoms with van der Waals surface area (Å²) in [6.07, 6.45) is 5.50. The largest absolute Gasteiger partial charge is 0.338 e. The molecule has 0 saturated carbocycles. The lowest BCUT2D eigenvalue weighted by molar-refractivity contribution is 0.0735. The summed E-state index contributed by atoms with van der Waals surface area (Å²) >= 11 is 1.62. The van der Waals surface area contributed by atoms with Crippen molar-refractivity contribution < 1.29 is 9.59 Å². The van der Waals surface area contributed by atoms with Crippen LogP contribution in [0.4, 0.5) is 0 Å². The Labute approximate surface area is 158 Å². The third kappa shape index (κ3) is 3.54. The fraction of sp³-hybridized carbons (Fsp3) is 0.429. The average molecular weight is 369 g/mol. The Balaban J connectivity index is 1.48. The molecule has 1 aromatic carbocycles. The van der Waals surface area contributed by atoms with Crippen molar-refractivity contribution in [2.75, 3.05) is 19.6 Å². The first-order chi connectivity index (χ1) is 12.7. The molecular formula is C21H24N2O2S. The fourth-order valence-corrected chi connectivity index (χ4v) is 4.94. The summed E-state index contributed by atoms with van der Waals surface area (Å²) in [6, 6.07) is 11.5. The maximum Gasteiger partial charge on any atom is 0.263 e. The minimum atomic E-state index is 0.0721. The van der Waals surface area contributed by atoms with Gasteiger partial charge in [-0.25, -0.2) is 0 Å². The maximum absolute atomic E-state index is 12.9. The van der Waals surface area contributed by atoms with Crippen LogP contribution in [0.2, 0.25) is 0 Å². The van der Waals surface area contributed by atoms with Gasteiger partial charge in [0.2, 0.25) is 0 Å². The van der Waals surface area contributed by atoms with E-state index in [1.165, 1.54) is 17.7 Å². The van der Waals surface area contributed by atoms with E-state index in [1.807, 2.05) is 46.2 Å². The smallest absolute Gasteiger partial charge is 0.263 e. The van der Waals surface area contributed by atoms with E-state index < -0.39 is 0 Å². The van der Waals surface area contributed by atoms with Crippen LogP contribution in [0.25, 0.3) is 0 Å². The number of hydrogen-bond donors (Lipinski definition) is 0. The van der Waals surface area contributed by atoms with E-state index in [1.54, 1.807) is 11.3 Å². The molecule has 0 unspecified atom stereocenters. The summed E-state index contributed by atoms with van der Waals surface area (Å²) in [7, 11) is 0. The van der Waals surface area contributed by atoms with Gasteiger partial charge in [-0.1, -0.05) is 31.0 Å². The van der Waals surface area contributed by atoms with Crippen LogP contribution >= 0.6 is 11.3 Å². The molecule has 1 aromatic heterocycles. The van der Waals surface area contributed by atoms with Crippen LogP contribution in [-0.4, -0.2) is 41.2 Å².